The maximum Gasteiger partial charge on any atom is 0.185 e. The van der Waals surface area contributed by atoms with Gasteiger partial charge in [-0.2, -0.15) is 0 Å². The fraction of sp³-hybridized carbons (Fsp3) is 0.750. The second-order valence-electron chi connectivity index (χ2n) is 4.87. The van der Waals surface area contributed by atoms with Crippen LogP contribution >= 0.6 is 11.3 Å². The largest absolute Gasteiger partial charge is 0.391 e. The van der Waals surface area contributed by atoms with E-state index < -0.39 is 0 Å². The lowest BCUT2D eigenvalue weighted by atomic mass is 10.1. The molecular formula is C12H21N3OS. The number of nitrogens with zero attached hydrogens (tertiary/aromatic N) is 3. The molecule has 0 bridgehead atoms. The minimum Gasteiger partial charge on any atom is -0.391 e. The topological polar surface area (TPSA) is 39.6 Å². The first-order valence-electron chi connectivity index (χ1n) is 6.10. The van der Waals surface area contributed by atoms with Gasteiger partial charge in [-0.15, -0.1) is 0 Å². The van der Waals surface area contributed by atoms with Gasteiger partial charge in [0, 0.05) is 19.1 Å². The van der Waals surface area contributed by atoms with Gasteiger partial charge in [0.2, 0.25) is 0 Å². The maximum absolute atomic E-state index is 9.21. The zero-order valence-corrected chi connectivity index (χ0v) is 11.6. The summed E-state index contributed by atoms with van der Waals surface area (Å²) < 4.78 is 0. The Morgan fingerprint density at radius 2 is 2.29 bits per heavy atom. The lowest BCUT2D eigenvalue weighted by Gasteiger charge is -2.35. The molecule has 1 aliphatic heterocycles. The fourth-order valence-electron chi connectivity index (χ4n) is 2.24. The van der Waals surface area contributed by atoms with Gasteiger partial charge in [0.25, 0.3) is 0 Å². The molecule has 0 saturated carbocycles. The fourth-order valence-corrected chi connectivity index (χ4v) is 3.20. The monoisotopic (exact) mass is 255 g/mol. The minimum atomic E-state index is 0.106. The van der Waals surface area contributed by atoms with E-state index in [1.54, 1.807) is 11.3 Å². The Balaban J connectivity index is 2.10. The zero-order chi connectivity index (χ0) is 12.4. The summed E-state index contributed by atoms with van der Waals surface area (Å²) in [6, 6.07) is 0.616. The van der Waals surface area contributed by atoms with E-state index in [4.69, 9.17) is 0 Å². The number of likely N-dealkylation sites (N-methyl/N-ethyl adjacent to an activating group) is 1. The molecule has 1 aromatic heterocycles. The molecule has 5 heteroatoms. The van der Waals surface area contributed by atoms with Crippen molar-refractivity contribution in [2.24, 2.45) is 0 Å². The van der Waals surface area contributed by atoms with E-state index in [0.29, 0.717) is 6.04 Å². The second kappa shape index (κ2) is 5.33. The van der Waals surface area contributed by atoms with Gasteiger partial charge in [0.15, 0.2) is 5.13 Å². The number of aromatic nitrogens is 1. The van der Waals surface area contributed by atoms with Crippen molar-refractivity contribution < 1.29 is 5.11 Å². The molecule has 0 spiro atoms. The van der Waals surface area contributed by atoms with Crippen LogP contribution in [0.5, 0.6) is 0 Å². The highest BCUT2D eigenvalue weighted by atomic mass is 32.1. The van der Waals surface area contributed by atoms with Crippen LogP contribution in [0.25, 0.3) is 0 Å². The Kier molecular flexibility index (Phi) is 4.01. The number of hydrogen-bond donors (Lipinski definition) is 1. The molecule has 0 aromatic carbocycles. The van der Waals surface area contributed by atoms with Crippen molar-refractivity contribution in [1.82, 2.24) is 9.88 Å². The van der Waals surface area contributed by atoms with Crippen molar-refractivity contribution in [3.63, 3.8) is 0 Å². The Bertz CT molecular complexity index is 378. The third kappa shape index (κ3) is 2.78. The molecule has 96 valence electrons. The van der Waals surface area contributed by atoms with Gasteiger partial charge >= 0.3 is 0 Å². The summed E-state index contributed by atoms with van der Waals surface area (Å²) in [5.41, 5.74) is 0.972. The van der Waals surface area contributed by atoms with Gasteiger partial charge in [0.05, 0.1) is 17.2 Å². The second-order valence-corrected chi connectivity index (χ2v) is 5.93. The Hall–Kier alpha value is -0.650. The van der Waals surface area contributed by atoms with E-state index in [9.17, 15) is 5.11 Å². The molecule has 1 aromatic rings. The third-order valence-electron chi connectivity index (χ3n) is 3.42. The van der Waals surface area contributed by atoms with Crippen LogP contribution in [0.1, 0.15) is 23.4 Å². The third-order valence-corrected chi connectivity index (χ3v) is 4.63. The smallest absolute Gasteiger partial charge is 0.185 e. The highest BCUT2D eigenvalue weighted by Crippen LogP contribution is 2.28. The molecular weight excluding hydrogens is 234 g/mol. The number of aliphatic hydroxyl groups excluding tert-OH is 1. The number of piperidine rings is 1. The van der Waals surface area contributed by atoms with Crippen molar-refractivity contribution in [3.05, 3.63) is 10.6 Å². The number of thiazole rings is 1. The highest BCUT2D eigenvalue weighted by molar-refractivity contribution is 7.15. The van der Waals surface area contributed by atoms with Crippen LogP contribution in [0.2, 0.25) is 0 Å². The predicted molar refractivity (Wildman–Crippen MR) is 71.7 cm³/mol. The first-order chi connectivity index (χ1) is 8.11. The van der Waals surface area contributed by atoms with Crippen molar-refractivity contribution in [2.75, 3.05) is 32.1 Å². The quantitative estimate of drug-likeness (QED) is 0.888. The molecule has 1 aliphatic rings. The van der Waals surface area contributed by atoms with E-state index in [1.807, 2.05) is 6.92 Å². The summed E-state index contributed by atoms with van der Waals surface area (Å²) in [6.07, 6.45) is 2.48. The number of rotatable bonds is 3. The van der Waals surface area contributed by atoms with Crippen LogP contribution in [-0.2, 0) is 6.61 Å². The van der Waals surface area contributed by atoms with Gasteiger partial charge in [-0.25, -0.2) is 4.98 Å². The van der Waals surface area contributed by atoms with Crippen LogP contribution in [-0.4, -0.2) is 48.2 Å². The summed E-state index contributed by atoms with van der Waals surface area (Å²) in [6.45, 7) is 4.21. The van der Waals surface area contributed by atoms with Crippen LogP contribution in [0.15, 0.2) is 0 Å². The average Bonchev–Trinajstić information content (AvgIpc) is 2.71. The molecule has 1 fully saturated rings. The van der Waals surface area contributed by atoms with Gasteiger partial charge in [-0.05, 0) is 33.9 Å². The van der Waals surface area contributed by atoms with Crippen molar-refractivity contribution in [3.8, 4) is 0 Å². The molecule has 0 aliphatic carbocycles. The Labute approximate surface area is 107 Å². The average molecular weight is 255 g/mol. The summed E-state index contributed by atoms with van der Waals surface area (Å²) in [5, 5.41) is 10.3. The molecule has 4 nitrogen and oxygen atoms in total. The summed E-state index contributed by atoms with van der Waals surface area (Å²) in [5.74, 6) is 0. The lowest BCUT2D eigenvalue weighted by Crippen LogP contribution is -2.45. The van der Waals surface area contributed by atoms with Gasteiger partial charge in [-0.3, -0.25) is 0 Å². The Morgan fingerprint density at radius 1 is 1.53 bits per heavy atom. The zero-order valence-electron chi connectivity index (χ0n) is 10.8. The highest BCUT2D eigenvalue weighted by Gasteiger charge is 2.23. The maximum atomic E-state index is 9.21. The van der Waals surface area contributed by atoms with E-state index in [1.165, 1.54) is 12.8 Å². The van der Waals surface area contributed by atoms with Crippen molar-refractivity contribution >= 4 is 16.5 Å². The number of aliphatic hydroxyl groups is 1. The molecule has 2 rings (SSSR count). The molecule has 1 saturated heterocycles. The van der Waals surface area contributed by atoms with E-state index in [0.717, 1.165) is 28.8 Å². The predicted octanol–water partition coefficient (Wildman–Crippen LogP) is 1.47. The van der Waals surface area contributed by atoms with Crippen molar-refractivity contribution in [1.29, 1.82) is 0 Å². The molecule has 1 unspecified atom stereocenters. The number of anilines is 1. The van der Waals surface area contributed by atoms with Crippen molar-refractivity contribution in [2.45, 2.75) is 32.4 Å². The molecule has 1 N–H and O–H groups in total. The molecule has 2 heterocycles. The van der Waals surface area contributed by atoms with Gasteiger partial charge in [0.1, 0.15) is 0 Å². The van der Waals surface area contributed by atoms with Crippen LogP contribution in [0.4, 0.5) is 5.13 Å². The van der Waals surface area contributed by atoms with E-state index >= 15 is 0 Å². The first-order valence-corrected chi connectivity index (χ1v) is 6.92. The summed E-state index contributed by atoms with van der Waals surface area (Å²) in [7, 11) is 4.28. The molecule has 17 heavy (non-hydrogen) atoms. The SMILES string of the molecule is Cc1nc(N2CCCC(N(C)C)C2)sc1CO. The van der Waals surface area contributed by atoms with Crippen LogP contribution < -0.4 is 4.90 Å². The normalized spacial score (nSPS) is 21.2. The molecule has 0 amide bonds. The lowest BCUT2D eigenvalue weighted by molar-refractivity contribution is 0.258. The van der Waals surface area contributed by atoms with E-state index in [2.05, 4.69) is 28.9 Å². The summed E-state index contributed by atoms with van der Waals surface area (Å²) in [4.78, 5) is 10.2. The first kappa shape index (κ1) is 12.8. The van der Waals surface area contributed by atoms with Gasteiger partial charge in [-0.1, -0.05) is 11.3 Å². The standard InChI is InChI=1S/C12H21N3OS/c1-9-11(8-16)17-12(13-9)15-6-4-5-10(7-15)14(2)3/h10,16H,4-8H2,1-3H3. The number of aryl methyl sites for hydroxylation is 1. The summed E-state index contributed by atoms with van der Waals surface area (Å²) >= 11 is 1.63. The van der Waals surface area contributed by atoms with E-state index in [-0.39, 0.29) is 6.61 Å². The Morgan fingerprint density at radius 3 is 2.88 bits per heavy atom. The van der Waals surface area contributed by atoms with Crippen LogP contribution in [0.3, 0.4) is 0 Å². The molecule has 0 radical (unpaired) electrons. The molecule has 1 atom stereocenters. The van der Waals surface area contributed by atoms with Gasteiger partial charge < -0.3 is 14.9 Å². The number of hydrogen-bond acceptors (Lipinski definition) is 5. The van der Waals surface area contributed by atoms with Crippen LogP contribution in [0, 0.1) is 6.92 Å². The minimum absolute atomic E-state index is 0.106.